The fourth-order valence-corrected chi connectivity index (χ4v) is 4.53. The Morgan fingerprint density at radius 3 is 2.88 bits per heavy atom. The summed E-state index contributed by atoms with van der Waals surface area (Å²) >= 11 is 1.67. The van der Waals surface area contributed by atoms with Crippen molar-refractivity contribution in [3.8, 4) is 0 Å². The summed E-state index contributed by atoms with van der Waals surface area (Å²) < 4.78 is 11.6. The molecule has 0 N–H and O–H groups in total. The van der Waals surface area contributed by atoms with E-state index in [2.05, 4.69) is 25.4 Å². The number of thiazole rings is 1. The van der Waals surface area contributed by atoms with E-state index in [-0.39, 0.29) is 12.0 Å². The van der Waals surface area contributed by atoms with Crippen molar-refractivity contribution < 1.29 is 9.26 Å². The van der Waals surface area contributed by atoms with Crippen molar-refractivity contribution in [2.75, 3.05) is 19.7 Å². The van der Waals surface area contributed by atoms with Crippen molar-refractivity contribution in [2.24, 2.45) is 5.92 Å². The molecule has 2 saturated heterocycles. The molecule has 0 bridgehead atoms. The van der Waals surface area contributed by atoms with Gasteiger partial charge in [0.1, 0.15) is 0 Å². The molecule has 2 fully saturated rings. The van der Waals surface area contributed by atoms with Crippen LogP contribution in [0.25, 0.3) is 0 Å². The van der Waals surface area contributed by atoms with Gasteiger partial charge >= 0.3 is 0 Å². The molecule has 0 saturated carbocycles. The molecule has 0 aliphatic carbocycles. The van der Waals surface area contributed by atoms with Gasteiger partial charge in [-0.15, -0.1) is 11.3 Å². The van der Waals surface area contributed by atoms with Crippen LogP contribution in [0.1, 0.15) is 49.0 Å². The van der Waals surface area contributed by atoms with Gasteiger partial charge in [-0.3, -0.25) is 4.90 Å². The first-order valence-electron chi connectivity index (χ1n) is 8.81. The van der Waals surface area contributed by atoms with Gasteiger partial charge in [-0.25, -0.2) is 4.98 Å². The number of likely N-dealkylation sites (tertiary alicyclic amines) is 1. The first-order chi connectivity index (χ1) is 11.8. The summed E-state index contributed by atoms with van der Waals surface area (Å²) in [6, 6.07) is 0. The Balaban J connectivity index is 1.38. The molecule has 4 heterocycles. The van der Waals surface area contributed by atoms with E-state index in [4.69, 9.17) is 9.26 Å². The van der Waals surface area contributed by atoms with E-state index in [1.165, 1.54) is 18.5 Å². The molecule has 2 aromatic rings. The fraction of sp³-hybridized carbons (Fsp3) is 0.706. The molecule has 2 atom stereocenters. The molecule has 0 radical (unpaired) electrons. The molecule has 2 aromatic heterocycles. The van der Waals surface area contributed by atoms with Crippen LogP contribution in [-0.4, -0.2) is 45.8 Å². The van der Waals surface area contributed by atoms with Crippen molar-refractivity contribution >= 4 is 11.3 Å². The zero-order valence-electron chi connectivity index (χ0n) is 14.1. The lowest BCUT2D eigenvalue weighted by atomic mass is 9.80. The van der Waals surface area contributed by atoms with Gasteiger partial charge in [0.15, 0.2) is 5.82 Å². The van der Waals surface area contributed by atoms with Crippen LogP contribution in [0.4, 0.5) is 0 Å². The van der Waals surface area contributed by atoms with Gasteiger partial charge in [0, 0.05) is 18.5 Å². The van der Waals surface area contributed by atoms with Gasteiger partial charge in [-0.2, -0.15) is 4.98 Å². The third-order valence-corrected chi connectivity index (χ3v) is 5.83. The topological polar surface area (TPSA) is 64.3 Å². The minimum Gasteiger partial charge on any atom is -0.377 e. The monoisotopic (exact) mass is 348 g/mol. The van der Waals surface area contributed by atoms with Crippen LogP contribution in [0.2, 0.25) is 0 Å². The molecule has 0 amide bonds. The van der Waals surface area contributed by atoms with Crippen LogP contribution >= 0.6 is 11.3 Å². The van der Waals surface area contributed by atoms with Crippen LogP contribution in [0, 0.1) is 12.8 Å². The average molecular weight is 348 g/mol. The third kappa shape index (κ3) is 3.53. The normalized spacial score (nSPS) is 26.7. The lowest BCUT2D eigenvalue weighted by molar-refractivity contribution is -0.0585. The number of rotatable bonds is 4. The summed E-state index contributed by atoms with van der Waals surface area (Å²) in [6.07, 6.45) is 4.72. The van der Waals surface area contributed by atoms with Gasteiger partial charge in [-0.1, -0.05) is 5.16 Å². The van der Waals surface area contributed by atoms with Gasteiger partial charge in [0.05, 0.1) is 23.2 Å². The Morgan fingerprint density at radius 2 is 2.17 bits per heavy atom. The maximum absolute atomic E-state index is 6.18. The first kappa shape index (κ1) is 16.2. The molecule has 24 heavy (non-hydrogen) atoms. The number of hydrogen-bond donors (Lipinski definition) is 0. The second-order valence-corrected chi connectivity index (χ2v) is 7.58. The quantitative estimate of drug-likeness (QED) is 0.846. The van der Waals surface area contributed by atoms with E-state index < -0.39 is 0 Å². The van der Waals surface area contributed by atoms with Crippen LogP contribution in [0.3, 0.4) is 0 Å². The zero-order chi connectivity index (χ0) is 16.4. The Labute approximate surface area is 146 Å². The molecule has 0 unspecified atom stereocenters. The molecule has 2 aliphatic rings. The highest BCUT2D eigenvalue weighted by Gasteiger charge is 2.38. The minimum atomic E-state index is 0.222. The number of ether oxygens (including phenoxy) is 1. The first-order valence-corrected chi connectivity index (χ1v) is 9.75. The summed E-state index contributed by atoms with van der Waals surface area (Å²) in [6.45, 7) is 5.92. The molecular formula is C17H24N4O2S. The van der Waals surface area contributed by atoms with E-state index in [1.54, 1.807) is 11.3 Å². The van der Waals surface area contributed by atoms with Crippen molar-refractivity contribution in [1.29, 1.82) is 0 Å². The second kappa shape index (κ2) is 7.29. The van der Waals surface area contributed by atoms with Crippen LogP contribution in [0.15, 0.2) is 15.4 Å². The predicted octanol–water partition coefficient (Wildman–Crippen LogP) is 3.01. The molecule has 130 valence electrons. The smallest absolute Gasteiger partial charge is 0.232 e. The summed E-state index contributed by atoms with van der Waals surface area (Å²) in [4.78, 5) is 11.4. The molecule has 0 aromatic carbocycles. The molecule has 4 rings (SSSR count). The van der Waals surface area contributed by atoms with E-state index in [1.807, 2.05) is 12.4 Å². The van der Waals surface area contributed by atoms with Crippen LogP contribution < -0.4 is 0 Å². The lowest BCUT2D eigenvalue weighted by Gasteiger charge is -2.40. The van der Waals surface area contributed by atoms with Crippen molar-refractivity contribution in [3.63, 3.8) is 0 Å². The van der Waals surface area contributed by atoms with E-state index in [0.29, 0.717) is 11.7 Å². The highest BCUT2D eigenvalue weighted by atomic mass is 32.1. The Bertz CT molecular complexity index is 637. The Kier molecular flexibility index (Phi) is 4.91. The maximum atomic E-state index is 6.18. The van der Waals surface area contributed by atoms with Gasteiger partial charge < -0.3 is 9.26 Å². The minimum absolute atomic E-state index is 0.222. The average Bonchev–Trinajstić information content (AvgIpc) is 3.27. The van der Waals surface area contributed by atoms with Gasteiger partial charge in [0.25, 0.3) is 0 Å². The summed E-state index contributed by atoms with van der Waals surface area (Å²) in [5.41, 5.74) is 3.10. The summed E-state index contributed by atoms with van der Waals surface area (Å²) in [5.74, 6) is 2.32. The molecule has 2 aliphatic heterocycles. The number of aromatic nitrogens is 3. The standard InChI is InChI=1S/C17H24N4O2S/c1-12-19-17(23-20-12)15-3-2-8-22-16(15)13-4-6-21(7-5-13)9-14-10-24-11-18-14/h10-11,13,15-16H,2-9H2,1H3/t15-,16+/m1/s1. The van der Waals surface area contributed by atoms with Crippen LogP contribution in [0.5, 0.6) is 0 Å². The number of piperidine rings is 1. The van der Waals surface area contributed by atoms with Gasteiger partial charge in [0.2, 0.25) is 5.89 Å². The van der Waals surface area contributed by atoms with Gasteiger partial charge in [-0.05, 0) is 51.6 Å². The number of nitrogens with zero attached hydrogens (tertiary/aromatic N) is 4. The van der Waals surface area contributed by atoms with E-state index >= 15 is 0 Å². The molecule has 7 heteroatoms. The molecule has 6 nitrogen and oxygen atoms in total. The lowest BCUT2D eigenvalue weighted by Crippen LogP contribution is -2.42. The fourth-order valence-electron chi connectivity index (χ4n) is 3.98. The van der Waals surface area contributed by atoms with Crippen molar-refractivity contribution in [1.82, 2.24) is 20.0 Å². The van der Waals surface area contributed by atoms with Crippen molar-refractivity contribution in [3.05, 3.63) is 28.3 Å². The third-order valence-electron chi connectivity index (χ3n) is 5.19. The predicted molar refractivity (Wildman–Crippen MR) is 90.9 cm³/mol. The highest BCUT2D eigenvalue weighted by molar-refractivity contribution is 7.07. The maximum Gasteiger partial charge on any atom is 0.232 e. The van der Waals surface area contributed by atoms with E-state index in [9.17, 15) is 0 Å². The number of hydrogen-bond acceptors (Lipinski definition) is 7. The Morgan fingerprint density at radius 1 is 1.29 bits per heavy atom. The largest absolute Gasteiger partial charge is 0.377 e. The number of aryl methyl sites for hydroxylation is 1. The van der Waals surface area contributed by atoms with Crippen LogP contribution in [-0.2, 0) is 11.3 Å². The summed E-state index contributed by atoms with van der Waals surface area (Å²) in [5, 5.41) is 6.11. The Hall–Kier alpha value is -1.31. The second-order valence-electron chi connectivity index (χ2n) is 6.86. The SMILES string of the molecule is Cc1noc([C@@H]2CCCO[C@H]2C2CCN(Cc3cscn3)CC2)n1. The highest BCUT2D eigenvalue weighted by Crippen LogP contribution is 2.37. The summed E-state index contributed by atoms with van der Waals surface area (Å²) in [7, 11) is 0. The zero-order valence-corrected chi connectivity index (χ0v) is 14.9. The molecular weight excluding hydrogens is 324 g/mol. The van der Waals surface area contributed by atoms with Crippen molar-refractivity contribution in [2.45, 2.75) is 51.2 Å². The van der Waals surface area contributed by atoms with E-state index in [0.717, 1.165) is 45.0 Å². The molecule has 0 spiro atoms.